The van der Waals surface area contributed by atoms with Gasteiger partial charge in [0.2, 0.25) is 5.91 Å². The molecule has 0 saturated carbocycles. The topological polar surface area (TPSA) is 114 Å². The predicted octanol–water partition coefficient (Wildman–Crippen LogP) is 1.54. The molecule has 0 unspecified atom stereocenters. The number of benzene rings is 1. The van der Waals surface area contributed by atoms with Crippen LogP contribution in [-0.4, -0.2) is 67.7 Å². The van der Waals surface area contributed by atoms with Crippen molar-refractivity contribution in [2.75, 3.05) is 19.0 Å². The number of hydrogen-bond donors (Lipinski definition) is 2. The lowest BCUT2D eigenvalue weighted by Gasteiger charge is -2.36. The number of fused-ring (bicyclic) bond motifs is 3. The molecule has 0 bridgehead atoms. The van der Waals surface area contributed by atoms with Crippen molar-refractivity contribution >= 4 is 17.5 Å². The monoisotopic (exact) mass is 450 g/mol. The average molecular weight is 450 g/mol. The van der Waals surface area contributed by atoms with E-state index in [2.05, 4.69) is 10.6 Å². The molecule has 0 aliphatic carbocycles. The fourth-order valence-electron chi connectivity index (χ4n) is 4.18. The molecule has 2 amide bonds. The molecule has 1 aromatic rings. The molecule has 1 aromatic carbocycles. The smallest absolute Gasteiger partial charge is 0.252 e. The molecule has 32 heavy (non-hydrogen) atoms. The van der Waals surface area contributed by atoms with Gasteiger partial charge >= 0.3 is 0 Å². The van der Waals surface area contributed by atoms with Gasteiger partial charge in [0.25, 0.3) is 5.91 Å². The number of ether oxygens (including phenoxy) is 6. The highest BCUT2D eigenvalue weighted by molar-refractivity contribution is 5.92. The van der Waals surface area contributed by atoms with Crippen LogP contribution >= 0.6 is 0 Å². The lowest BCUT2D eigenvalue weighted by molar-refractivity contribution is -0.231. The Labute approximate surface area is 186 Å². The third-order valence-electron chi connectivity index (χ3n) is 5.45. The van der Waals surface area contributed by atoms with Crippen LogP contribution in [-0.2, 0) is 33.3 Å². The number of para-hydroxylation sites is 2. The van der Waals surface area contributed by atoms with E-state index in [1.807, 2.05) is 6.07 Å². The van der Waals surface area contributed by atoms with Gasteiger partial charge in [0.05, 0.1) is 12.8 Å². The number of methoxy groups -OCH3 is 1. The second-order valence-corrected chi connectivity index (χ2v) is 8.88. The van der Waals surface area contributed by atoms with Crippen LogP contribution in [0.25, 0.3) is 0 Å². The summed E-state index contributed by atoms with van der Waals surface area (Å²) >= 11 is 0. The molecule has 0 aromatic heterocycles. The molecular weight excluding hydrogens is 420 g/mol. The molecule has 2 N–H and O–H groups in total. The largest absolute Gasteiger partial charge is 0.495 e. The first-order chi connectivity index (χ1) is 15.1. The molecule has 0 spiro atoms. The van der Waals surface area contributed by atoms with Crippen LogP contribution in [0, 0.1) is 0 Å². The summed E-state index contributed by atoms with van der Waals surface area (Å²) in [5.41, 5.74) is 0.565. The molecule has 10 heteroatoms. The number of amides is 2. The minimum Gasteiger partial charge on any atom is -0.495 e. The fourth-order valence-corrected chi connectivity index (χ4v) is 4.18. The van der Waals surface area contributed by atoms with E-state index < -0.39 is 48.2 Å². The number of rotatable bonds is 6. The Balaban J connectivity index is 1.35. The molecule has 176 valence electrons. The third kappa shape index (κ3) is 4.74. The van der Waals surface area contributed by atoms with E-state index >= 15 is 0 Å². The SMILES string of the molecule is COc1ccccc1NC(=O)CCNC(=O)[C@@H]1O[C@H]2OC(C)(C)O[C@@H]2[C@H]2OC(C)(C)O[C@H]21. The van der Waals surface area contributed by atoms with Gasteiger partial charge in [-0.15, -0.1) is 0 Å². The summed E-state index contributed by atoms with van der Waals surface area (Å²) < 4.78 is 34.8. The Morgan fingerprint density at radius 3 is 2.38 bits per heavy atom. The van der Waals surface area contributed by atoms with Gasteiger partial charge in [-0.05, 0) is 39.8 Å². The number of nitrogens with one attached hydrogen (secondary N) is 2. The van der Waals surface area contributed by atoms with Gasteiger partial charge in [-0.25, -0.2) is 0 Å². The Bertz CT molecular complexity index is 873. The van der Waals surface area contributed by atoms with Gasteiger partial charge in [-0.3, -0.25) is 9.59 Å². The van der Waals surface area contributed by atoms with E-state index in [1.54, 1.807) is 45.9 Å². The van der Waals surface area contributed by atoms with Gasteiger partial charge in [-0.2, -0.15) is 0 Å². The highest BCUT2D eigenvalue weighted by Gasteiger charge is 2.62. The minimum atomic E-state index is -0.960. The van der Waals surface area contributed by atoms with Crippen molar-refractivity contribution in [3.05, 3.63) is 24.3 Å². The Hall–Kier alpha value is -2.24. The minimum absolute atomic E-state index is 0.0755. The normalized spacial score (nSPS) is 32.0. The maximum absolute atomic E-state index is 12.9. The fraction of sp³-hybridized carbons (Fsp3) is 0.636. The average Bonchev–Trinajstić information content (AvgIpc) is 3.21. The van der Waals surface area contributed by atoms with Crippen LogP contribution in [0.4, 0.5) is 5.69 Å². The number of carbonyl (C=O) groups excluding carboxylic acids is 2. The Kier molecular flexibility index (Phi) is 6.17. The first-order valence-electron chi connectivity index (χ1n) is 10.7. The lowest BCUT2D eigenvalue weighted by atomic mass is 9.98. The summed E-state index contributed by atoms with van der Waals surface area (Å²) in [6.07, 6.45) is -3.33. The van der Waals surface area contributed by atoms with E-state index in [4.69, 9.17) is 28.4 Å². The highest BCUT2D eigenvalue weighted by atomic mass is 16.9. The zero-order chi connectivity index (χ0) is 23.1. The summed E-state index contributed by atoms with van der Waals surface area (Å²) in [5.74, 6) is -1.86. The summed E-state index contributed by atoms with van der Waals surface area (Å²) in [7, 11) is 1.53. The zero-order valence-corrected chi connectivity index (χ0v) is 18.9. The van der Waals surface area contributed by atoms with E-state index in [-0.39, 0.29) is 18.9 Å². The quantitative estimate of drug-likeness (QED) is 0.671. The molecule has 3 heterocycles. The summed E-state index contributed by atoms with van der Waals surface area (Å²) in [6.45, 7) is 7.23. The van der Waals surface area contributed by atoms with Gasteiger partial charge in [0.1, 0.15) is 24.1 Å². The van der Waals surface area contributed by atoms with Crippen LogP contribution in [0.2, 0.25) is 0 Å². The van der Waals surface area contributed by atoms with Gasteiger partial charge in [-0.1, -0.05) is 12.1 Å². The van der Waals surface area contributed by atoms with Crippen LogP contribution in [0.1, 0.15) is 34.1 Å². The molecule has 3 aliphatic rings. The molecular formula is C22H30N2O8. The van der Waals surface area contributed by atoms with Crippen molar-refractivity contribution in [1.29, 1.82) is 0 Å². The van der Waals surface area contributed by atoms with E-state index in [0.717, 1.165) is 0 Å². The highest BCUT2D eigenvalue weighted by Crippen LogP contribution is 2.44. The number of carbonyl (C=O) groups is 2. The third-order valence-corrected chi connectivity index (χ3v) is 5.45. The molecule has 5 atom stereocenters. The first kappa shape index (κ1) is 22.9. The van der Waals surface area contributed by atoms with Crippen molar-refractivity contribution in [1.82, 2.24) is 5.32 Å². The second kappa shape index (κ2) is 8.60. The van der Waals surface area contributed by atoms with Crippen molar-refractivity contribution in [2.24, 2.45) is 0 Å². The van der Waals surface area contributed by atoms with Crippen molar-refractivity contribution in [2.45, 2.75) is 76.4 Å². The van der Waals surface area contributed by atoms with E-state index in [1.165, 1.54) is 7.11 Å². The van der Waals surface area contributed by atoms with Crippen LogP contribution < -0.4 is 15.4 Å². The van der Waals surface area contributed by atoms with Crippen LogP contribution in [0.15, 0.2) is 24.3 Å². The molecule has 0 radical (unpaired) electrons. The lowest BCUT2D eigenvalue weighted by Crippen LogP contribution is -2.59. The van der Waals surface area contributed by atoms with Crippen LogP contribution in [0.5, 0.6) is 5.75 Å². The summed E-state index contributed by atoms with van der Waals surface area (Å²) in [5, 5.41) is 5.52. The van der Waals surface area contributed by atoms with Crippen LogP contribution in [0.3, 0.4) is 0 Å². The van der Waals surface area contributed by atoms with E-state index in [9.17, 15) is 9.59 Å². The second-order valence-electron chi connectivity index (χ2n) is 8.88. The molecule has 3 aliphatic heterocycles. The van der Waals surface area contributed by atoms with Crippen molar-refractivity contribution < 1.29 is 38.0 Å². The Morgan fingerprint density at radius 1 is 0.969 bits per heavy atom. The molecule has 3 fully saturated rings. The standard InChI is InChI=1S/C22H30N2O8/c1-21(2)29-15-16(30-21)18-20(32-22(3,4)31-18)28-17(15)19(26)23-11-10-14(25)24-12-8-6-7-9-13(12)27-5/h6-9,15-18,20H,10-11H2,1-5H3,(H,23,26)(H,24,25)/t15-,16+,17-,18-,20+/m1/s1. The Morgan fingerprint density at radius 2 is 1.62 bits per heavy atom. The maximum Gasteiger partial charge on any atom is 0.252 e. The predicted molar refractivity (Wildman–Crippen MR) is 112 cm³/mol. The molecule has 4 rings (SSSR count). The molecule has 10 nitrogen and oxygen atoms in total. The summed E-state index contributed by atoms with van der Waals surface area (Å²) in [6, 6.07) is 7.10. The number of hydrogen-bond acceptors (Lipinski definition) is 8. The van der Waals surface area contributed by atoms with Gasteiger partial charge in [0, 0.05) is 13.0 Å². The van der Waals surface area contributed by atoms with Crippen molar-refractivity contribution in [3.8, 4) is 5.75 Å². The molecule has 3 saturated heterocycles. The van der Waals surface area contributed by atoms with Gasteiger partial charge in [0.15, 0.2) is 24.0 Å². The maximum atomic E-state index is 12.9. The summed E-state index contributed by atoms with van der Waals surface area (Å²) in [4.78, 5) is 25.2. The zero-order valence-electron chi connectivity index (χ0n) is 18.9. The number of anilines is 1. The first-order valence-corrected chi connectivity index (χ1v) is 10.7. The van der Waals surface area contributed by atoms with Crippen molar-refractivity contribution in [3.63, 3.8) is 0 Å². The van der Waals surface area contributed by atoms with Gasteiger partial charge < -0.3 is 39.1 Å². The van der Waals surface area contributed by atoms with E-state index in [0.29, 0.717) is 11.4 Å².